The highest BCUT2D eigenvalue weighted by atomic mass is 16.8. The van der Waals surface area contributed by atoms with Crippen molar-refractivity contribution >= 4 is 28.1 Å². The van der Waals surface area contributed by atoms with Crippen LogP contribution in [0.5, 0.6) is 17.2 Å². The van der Waals surface area contributed by atoms with Crippen molar-refractivity contribution in [3.63, 3.8) is 0 Å². The summed E-state index contributed by atoms with van der Waals surface area (Å²) in [4.78, 5) is 34.1. The predicted octanol–water partition coefficient (Wildman–Crippen LogP) is 9.47. The molecule has 4 aromatic rings. The molecular formula is C50H57N3O10. The highest BCUT2D eigenvalue weighted by Gasteiger charge is 2.65. The molecule has 13 nitrogen and oxygen atoms in total. The van der Waals surface area contributed by atoms with Crippen LogP contribution in [0.2, 0.25) is 0 Å². The number of carbonyl (C=O) groups is 1. The lowest BCUT2D eigenvalue weighted by Gasteiger charge is -2.59. The highest BCUT2D eigenvalue weighted by molar-refractivity contribution is 6.04. The third kappa shape index (κ3) is 9.24. The standard InChI is InChI=1S/C50H57N3O10/c1-3-26-60-50-45(52(2)49(56)36-21-20-33-13-4-5-14-34(33)28-36)32-43(51-63-46-19-8-11-27-59-46)41-29-35(15-6-9-24-54)40(18-7-10-25-55)47(48(41)50)42-31-39(22-23-44(42)62-50)61-38-17-12-16-37(30-38)53(57)58/h3-5,12-14,16-17,20-23,28-31,35,40,45-48,54-55H,1,6-11,15,18-19,24-27,32H2,2H3/t35-,40+,45-,46?,47+,48+,50+/m0/s1. The molecule has 7 atom stereocenters. The Bertz CT molecular complexity index is 2340. The average Bonchev–Trinajstić information content (AvgIpc) is 3.31. The number of allylic oxidation sites excluding steroid dienone is 1. The molecule has 2 aliphatic heterocycles. The SMILES string of the molecule is C=CCO[C@@]12Oc3ccc(Oc4cccc([N+](=O)[O-])c4)cc3[C@H]3[C@H](CCCCO)[C@@H](CCCCO)C=C(C(=NOC4CCCCO4)C[C@@H]1N(C)C(=O)c1ccc4ccccc4c1)[C@H]32. The highest BCUT2D eigenvalue weighted by Crippen LogP contribution is 2.62. The molecule has 0 aromatic heterocycles. The van der Waals surface area contributed by atoms with Crippen molar-refractivity contribution < 1.29 is 43.7 Å². The quantitative estimate of drug-likeness (QED) is 0.0427. The van der Waals surface area contributed by atoms with Crippen LogP contribution in [-0.2, 0) is 14.3 Å². The van der Waals surface area contributed by atoms with Gasteiger partial charge in [-0.05, 0) is 103 Å². The number of amides is 1. The van der Waals surface area contributed by atoms with E-state index < -0.39 is 29.0 Å². The van der Waals surface area contributed by atoms with Gasteiger partial charge in [0.2, 0.25) is 12.1 Å². The molecule has 2 fully saturated rings. The second-order valence-corrected chi connectivity index (χ2v) is 17.0. The molecular weight excluding hydrogens is 803 g/mol. The minimum absolute atomic E-state index is 0.00416. The van der Waals surface area contributed by atoms with Gasteiger partial charge >= 0.3 is 0 Å². The van der Waals surface area contributed by atoms with E-state index in [2.05, 4.69) is 12.7 Å². The van der Waals surface area contributed by atoms with E-state index in [0.29, 0.717) is 54.4 Å². The fourth-order valence-corrected chi connectivity index (χ4v) is 10.2. The smallest absolute Gasteiger partial charge is 0.273 e. The lowest BCUT2D eigenvalue weighted by molar-refractivity contribution is -0.384. The van der Waals surface area contributed by atoms with Crippen LogP contribution in [0.1, 0.15) is 86.0 Å². The van der Waals surface area contributed by atoms with E-state index in [0.717, 1.165) is 60.4 Å². The second kappa shape index (κ2) is 19.8. The van der Waals surface area contributed by atoms with E-state index in [-0.39, 0.29) is 55.6 Å². The Hall–Kier alpha value is -5.60. The average molecular weight is 860 g/mol. The van der Waals surface area contributed by atoms with Crippen LogP contribution in [-0.4, -0.2) is 83.2 Å². The Balaban J connectivity index is 1.31. The third-order valence-electron chi connectivity index (χ3n) is 13.1. The summed E-state index contributed by atoms with van der Waals surface area (Å²) >= 11 is 0. The summed E-state index contributed by atoms with van der Waals surface area (Å²) in [5, 5.41) is 38.5. The van der Waals surface area contributed by atoms with Gasteiger partial charge in [0.1, 0.15) is 23.3 Å². The first-order chi connectivity index (χ1) is 30.7. The van der Waals surface area contributed by atoms with Crippen LogP contribution in [0.25, 0.3) is 10.8 Å². The number of non-ortho nitro benzene ring substituents is 1. The van der Waals surface area contributed by atoms with Crippen LogP contribution in [0.4, 0.5) is 5.69 Å². The summed E-state index contributed by atoms with van der Waals surface area (Å²) in [5.41, 5.74) is 2.89. The lowest BCUT2D eigenvalue weighted by Crippen LogP contribution is -2.69. The summed E-state index contributed by atoms with van der Waals surface area (Å²) in [7, 11) is 1.79. The van der Waals surface area contributed by atoms with Crippen molar-refractivity contribution in [3.05, 3.63) is 130 Å². The molecule has 2 heterocycles. The maximum Gasteiger partial charge on any atom is 0.273 e. The monoisotopic (exact) mass is 859 g/mol. The van der Waals surface area contributed by atoms with Crippen molar-refractivity contribution in [2.24, 2.45) is 22.9 Å². The Labute approximate surface area is 368 Å². The van der Waals surface area contributed by atoms with E-state index >= 15 is 0 Å². The molecule has 4 aliphatic rings. The van der Waals surface area contributed by atoms with Gasteiger partial charge in [-0.2, -0.15) is 0 Å². The number of ether oxygens (including phenoxy) is 4. The number of benzene rings is 4. The van der Waals surface area contributed by atoms with Crippen LogP contribution in [0.15, 0.2) is 114 Å². The molecule has 1 amide bonds. The molecule has 0 radical (unpaired) electrons. The summed E-state index contributed by atoms with van der Waals surface area (Å²) in [6.07, 6.45) is 10.7. The van der Waals surface area contributed by atoms with Gasteiger partial charge in [0.05, 0.1) is 35.8 Å². The number of nitrogens with zero attached hydrogens (tertiary/aromatic N) is 3. The van der Waals surface area contributed by atoms with Gasteiger partial charge in [-0.25, -0.2) is 0 Å². The van der Waals surface area contributed by atoms with Crippen molar-refractivity contribution in [1.82, 2.24) is 4.90 Å². The molecule has 4 aromatic carbocycles. The number of hydrogen-bond acceptors (Lipinski definition) is 11. The summed E-state index contributed by atoms with van der Waals surface area (Å²) < 4.78 is 26.7. The maximum atomic E-state index is 14.9. The number of aliphatic hydroxyl groups excluding tert-OH is 2. The van der Waals surface area contributed by atoms with E-state index in [9.17, 15) is 25.1 Å². The number of nitro benzene ring substituents is 1. The molecule has 0 spiro atoms. The van der Waals surface area contributed by atoms with Crippen LogP contribution < -0.4 is 9.47 Å². The van der Waals surface area contributed by atoms with Crippen molar-refractivity contribution in [1.29, 1.82) is 0 Å². The molecule has 1 saturated carbocycles. The first kappa shape index (κ1) is 44.0. The number of hydrogen-bond donors (Lipinski definition) is 2. The number of unbranched alkanes of at least 4 members (excludes halogenated alkanes) is 2. The zero-order valence-corrected chi connectivity index (χ0v) is 35.8. The lowest BCUT2D eigenvalue weighted by atomic mass is 9.55. The number of aliphatic hydroxyl groups is 2. The van der Waals surface area contributed by atoms with E-state index in [1.165, 1.54) is 12.1 Å². The first-order valence-electron chi connectivity index (χ1n) is 22.3. The first-order valence-corrected chi connectivity index (χ1v) is 22.3. The van der Waals surface area contributed by atoms with Crippen LogP contribution >= 0.6 is 0 Å². The van der Waals surface area contributed by atoms with Gasteiger partial charge in [-0.1, -0.05) is 66.5 Å². The number of nitro groups is 1. The second-order valence-electron chi connectivity index (χ2n) is 17.0. The summed E-state index contributed by atoms with van der Waals surface area (Å²) in [6, 6.07) is 24.6. The zero-order chi connectivity index (χ0) is 43.9. The minimum atomic E-state index is -1.44. The van der Waals surface area contributed by atoms with Crippen LogP contribution in [0.3, 0.4) is 0 Å². The predicted molar refractivity (Wildman–Crippen MR) is 239 cm³/mol. The molecule has 0 bridgehead atoms. The Morgan fingerprint density at radius 3 is 2.52 bits per heavy atom. The minimum Gasteiger partial charge on any atom is -0.459 e. The largest absolute Gasteiger partial charge is 0.459 e. The molecule has 8 rings (SSSR count). The normalized spacial score (nSPS) is 25.6. The maximum absolute atomic E-state index is 14.9. The van der Waals surface area contributed by atoms with Gasteiger partial charge in [-0.3, -0.25) is 14.9 Å². The van der Waals surface area contributed by atoms with E-state index in [1.54, 1.807) is 36.2 Å². The van der Waals surface area contributed by atoms with E-state index in [4.69, 9.17) is 28.9 Å². The number of rotatable bonds is 18. The van der Waals surface area contributed by atoms with Gasteiger partial charge in [0, 0.05) is 56.2 Å². The molecule has 1 unspecified atom stereocenters. The number of oxime groups is 1. The fourth-order valence-electron chi connectivity index (χ4n) is 10.2. The topological polar surface area (TPSA) is 162 Å². The molecule has 332 valence electrons. The summed E-state index contributed by atoms with van der Waals surface area (Å²) in [5.74, 6) is -1.07. The van der Waals surface area contributed by atoms with Crippen molar-refractivity contribution in [2.75, 3.05) is 33.5 Å². The van der Waals surface area contributed by atoms with Crippen molar-refractivity contribution in [3.8, 4) is 17.2 Å². The van der Waals surface area contributed by atoms with Crippen molar-refractivity contribution in [2.45, 2.75) is 88.2 Å². The Morgan fingerprint density at radius 1 is 0.968 bits per heavy atom. The van der Waals surface area contributed by atoms with E-state index in [1.807, 2.05) is 54.6 Å². The summed E-state index contributed by atoms with van der Waals surface area (Å²) in [6.45, 7) is 4.88. The number of carbonyl (C=O) groups excluding carboxylic acids is 1. The Morgan fingerprint density at radius 2 is 1.76 bits per heavy atom. The molecule has 13 heteroatoms. The number of fused-ring (bicyclic) bond motifs is 3. The zero-order valence-electron chi connectivity index (χ0n) is 35.8. The van der Waals surface area contributed by atoms with Gasteiger partial charge in [0.15, 0.2) is 0 Å². The number of likely N-dealkylation sites (N-methyl/N-ethyl adjacent to an activating group) is 1. The molecule has 2 N–H and O–H groups in total. The molecule has 2 aliphatic carbocycles. The van der Waals surface area contributed by atoms with Gasteiger partial charge in [-0.15, -0.1) is 6.58 Å². The third-order valence-corrected chi connectivity index (χ3v) is 13.1. The van der Waals surface area contributed by atoms with Gasteiger partial charge in [0.25, 0.3) is 11.6 Å². The van der Waals surface area contributed by atoms with Crippen LogP contribution in [0, 0.1) is 27.9 Å². The molecule has 1 saturated heterocycles. The fraction of sp³-hybridized carbons (Fsp3) is 0.440. The molecule has 63 heavy (non-hydrogen) atoms. The van der Waals surface area contributed by atoms with Gasteiger partial charge < -0.3 is 38.9 Å². The Kier molecular flexibility index (Phi) is 13.9.